The van der Waals surface area contributed by atoms with Crippen LogP contribution in [0, 0.1) is 0 Å². The van der Waals surface area contributed by atoms with Gasteiger partial charge in [-0.2, -0.15) is 0 Å². The number of aromatic nitrogens is 1. The van der Waals surface area contributed by atoms with Crippen molar-refractivity contribution < 1.29 is 4.42 Å². The van der Waals surface area contributed by atoms with E-state index in [1.807, 2.05) is 0 Å². The molecule has 2 heterocycles. The summed E-state index contributed by atoms with van der Waals surface area (Å²) in [6.45, 7) is 4.77. The van der Waals surface area contributed by atoms with Crippen LogP contribution in [0.15, 0.2) is 223 Å². The highest BCUT2D eigenvalue weighted by molar-refractivity contribution is 6.26. The molecule has 13 rings (SSSR count). The zero-order valence-corrected chi connectivity index (χ0v) is 35.6. The number of nitrogens with zero attached hydrogens (tertiary/aromatic N) is 2. The highest BCUT2D eigenvalue weighted by Gasteiger charge is 2.37. The summed E-state index contributed by atoms with van der Waals surface area (Å²) in [5, 5.41) is 7.04. The minimum absolute atomic E-state index is 0.274. The molecule has 302 valence electrons. The maximum absolute atomic E-state index is 6.74. The van der Waals surface area contributed by atoms with Gasteiger partial charge in [0.1, 0.15) is 11.2 Å². The standard InChI is InChI=1S/C61H42N2O/c1-61(2)54-37-46(62(44-27-21-41(22-28-44)39-13-5-3-6-14-39)45-29-23-42(24-30-45)40-15-7-4-8-16-40)31-35-48(54)49-36-32-47(38-55(49)61)63-56-19-11-9-17-50(56)52-33-25-43-26-34-53-51-18-10-12-20-57(51)64-60(53)58(43)59(52)63/h3-38H,1-2H3. The summed E-state index contributed by atoms with van der Waals surface area (Å²) in [7, 11) is 0. The van der Waals surface area contributed by atoms with E-state index in [1.54, 1.807) is 0 Å². The molecule has 3 nitrogen and oxygen atoms in total. The third-order valence-electron chi connectivity index (χ3n) is 13.8. The molecule has 0 unspecified atom stereocenters. The lowest BCUT2D eigenvalue weighted by Crippen LogP contribution is -2.17. The van der Waals surface area contributed by atoms with Gasteiger partial charge in [0.15, 0.2) is 0 Å². The van der Waals surface area contributed by atoms with Gasteiger partial charge in [-0.1, -0.05) is 166 Å². The first-order valence-corrected chi connectivity index (χ1v) is 22.2. The number of fused-ring (bicyclic) bond motifs is 12. The van der Waals surface area contributed by atoms with Crippen molar-refractivity contribution in [2.24, 2.45) is 0 Å². The molecule has 64 heavy (non-hydrogen) atoms. The Morgan fingerprint density at radius 2 is 0.953 bits per heavy atom. The molecule has 10 aromatic carbocycles. The Morgan fingerprint density at radius 1 is 0.422 bits per heavy atom. The highest BCUT2D eigenvalue weighted by Crippen LogP contribution is 2.52. The van der Waals surface area contributed by atoms with Gasteiger partial charge in [-0.05, 0) is 117 Å². The molecular weight excluding hydrogens is 777 g/mol. The lowest BCUT2D eigenvalue weighted by atomic mass is 9.82. The minimum atomic E-state index is -0.274. The van der Waals surface area contributed by atoms with Crippen molar-refractivity contribution in [3.8, 4) is 39.1 Å². The van der Waals surface area contributed by atoms with Gasteiger partial charge in [0.25, 0.3) is 0 Å². The van der Waals surface area contributed by atoms with E-state index in [1.165, 1.54) is 71.7 Å². The maximum atomic E-state index is 6.74. The molecule has 0 radical (unpaired) electrons. The molecule has 0 saturated carbocycles. The van der Waals surface area contributed by atoms with Crippen LogP contribution >= 0.6 is 0 Å². The second kappa shape index (κ2) is 13.9. The SMILES string of the molecule is CC1(C)c2cc(N(c3ccc(-c4ccccc4)cc3)c3ccc(-c4ccccc4)cc3)ccc2-c2ccc(-n3c4ccccc4c4ccc5ccc6c7ccccc7oc6c5c43)cc21. The molecule has 0 N–H and O–H groups in total. The van der Waals surface area contributed by atoms with Crippen LogP contribution in [0.4, 0.5) is 17.1 Å². The molecule has 0 amide bonds. The number of para-hydroxylation sites is 2. The second-order valence-corrected chi connectivity index (χ2v) is 17.7. The van der Waals surface area contributed by atoms with Crippen LogP contribution in [0.5, 0.6) is 0 Å². The molecule has 0 spiro atoms. The Morgan fingerprint density at radius 3 is 1.62 bits per heavy atom. The summed E-state index contributed by atoms with van der Waals surface area (Å²) in [5.74, 6) is 0. The molecule has 1 aliphatic rings. The van der Waals surface area contributed by atoms with Crippen LogP contribution in [-0.4, -0.2) is 4.57 Å². The zero-order valence-electron chi connectivity index (χ0n) is 35.6. The van der Waals surface area contributed by atoms with Crippen LogP contribution in [0.1, 0.15) is 25.0 Å². The van der Waals surface area contributed by atoms with Gasteiger partial charge in [0.2, 0.25) is 0 Å². The van der Waals surface area contributed by atoms with Crippen LogP contribution < -0.4 is 4.90 Å². The zero-order chi connectivity index (χ0) is 42.5. The van der Waals surface area contributed by atoms with E-state index in [0.717, 1.165) is 50.1 Å². The molecule has 0 bridgehead atoms. The fourth-order valence-electron chi connectivity index (χ4n) is 10.6. The number of anilines is 3. The number of benzene rings is 10. The lowest BCUT2D eigenvalue weighted by Gasteiger charge is -2.28. The van der Waals surface area contributed by atoms with Crippen molar-refractivity contribution >= 4 is 71.6 Å². The van der Waals surface area contributed by atoms with Gasteiger partial charge >= 0.3 is 0 Å². The van der Waals surface area contributed by atoms with E-state index in [0.29, 0.717) is 0 Å². The van der Waals surface area contributed by atoms with Gasteiger partial charge in [-0.15, -0.1) is 0 Å². The monoisotopic (exact) mass is 818 g/mol. The summed E-state index contributed by atoms with van der Waals surface area (Å²) >= 11 is 0. The van der Waals surface area contributed by atoms with Crippen molar-refractivity contribution in [1.29, 1.82) is 0 Å². The smallest absolute Gasteiger partial charge is 0.145 e. The maximum Gasteiger partial charge on any atom is 0.145 e. The molecule has 0 saturated heterocycles. The third-order valence-corrected chi connectivity index (χ3v) is 13.8. The van der Waals surface area contributed by atoms with E-state index >= 15 is 0 Å². The van der Waals surface area contributed by atoms with E-state index in [4.69, 9.17) is 4.42 Å². The van der Waals surface area contributed by atoms with E-state index in [2.05, 4.69) is 242 Å². The normalized spacial score (nSPS) is 13.0. The van der Waals surface area contributed by atoms with Crippen molar-refractivity contribution in [2.45, 2.75) is 19.3 Å². The van der Waals surface area contributed by atoms with Gasteiger partial charge in [-0.3, -0.25) is 0 Å². The molecule has 1 aliphatic carbocycles. The predicted octanol–water partition coefficient (Wildman–Crippen LogP) is 16.9. The lowest BCUT2D eigenvalue weighted by molar-refractivity contribution is 0.660. The van der Waals surface area contributed by atoms with Gasteiger partial charge in [0, 0.05) is 55.1 Å². The number of hydrogen-bond acceptors (Lipinski definition) is 2. The van der Waals surface area contributed by atoms with Crippen LogP contribution in [-0.2, 0) is 5.41 Å². The molecule has 12 aromatic rings. The fourth-order valence-corrected chi connectivity index (χ4v) is 10.6. The number of rotatable bonds is 6. The topological polar surface area (TPSA) is 21.3 Å². The molecule has 3 heteroatoms. The second-order valence-electron chi connectivity index (χ2n) is 17.7. The molecule has 0 atom stereocenters. The van der Waals surface area contributed by atoms with E-state index in [9.17, 15) is 0 Å². The van der Waals surface area contributed by atoms with Crippen LogP contribution in [0.25, 0.3) is 93.6 Å². The average molecular weight is 819 g/mol. The summed E-state index contributed by atoms with van der Waals surface area (Å²) in [6.07, 6.45) is 0. The number of furan rings is 1. The minimum Gasteiger partial charge on any atom is -0.455 e. The van der Waals surface area contributed by atoms with Crippen molar-refractivity contribution in [3.05, 3.63) is 230 Å². The number of hydrogen-bond donors (Lipinski definition) is 0. The molecule has 0 aliphatic heterocycles. The summed E-state index contributed by atoms with van der Waals surface area (Å²) in [6, 6.07) is 79.5. The van der Waals surface area contributed by atoms with E-state index in [-0.39, 0.29) is 5.41 Å². The Labute approximate surface area is 371 Å². The van der Waals surface area contributed by atoms with Crippen molar-refractivity contribution in [3.63, 3.8) is 0 Å². The highest BCUT2D eigenvalue weighted by atomic mass is 16.3. The molecular formula is C61H42N2O. The third kappa shape index (κ3) is 5.47. The Bertz CT molecular complexity index is 3690. The average Bonchev–Trinajstić information content (AvgIpc) is 3.98. The first kappa shape index (κ1) is 36.5. The first-order valence-electron chi connectivity index (χ1n) is 22.2. The predicted molar refractivity (Wildman–Crippen MR) is 269 cm³/mol. The first-order chi connectivity index (χ1) is 31.5. The Kier molecular flexibility index (Phi) is 7.95. The van der Waals surface area contributed by atoms with Crippen LogP contribution in [0.3, 0.4) is 0 Å². The molecule has 0 fully saturated rings. The molecule has 2 aromatic heterocycles. The fraction of sp³-hybridized carbons (Fsp3) is 0.0492. The van der Waals surface area contributed by atoms with Crippen molar-refractivity contribution in [1.82, 2.24) is 4.57 Å². The summed E-state index contributed by atoms with van der Waals surface area (Å²) in [4.78, 5) is 2.40. The van der Waals surface area contributed by atoms with E-state index < -0.39 is 0 Å². The van der Waals surface area contributed by atoms with Crippen LogP contribution in [0.2, 0.25) is 0 Å². The Balaban J connectivity index is 0.957. The summed E-state index contributed by atoms with van der Waals surface area (Å²) in [5.41, 5.74) is 18.4. The largest absolute Gasteiger partial charge is 0.455 e. The van der Waals surface area contributed by atoms with Gasteiger partial charge < -0.3 is 13.9 Å². The summed E-state index contributed by atoms with van der Waals surface area (Å²) < 4.78 is 9.22. The quantitative estimate of drug-likeness (QED) is 0.167. The Hall–Kier alpha value is -8.14. The van der Waals surface area contributed by atoms with Gasteiger partial charge in [-0.25, -0.2) is 0 Å². The van der Waals surface area contributed by atoms with Crippen molar-refractivity contribution in [2.75, 3.05) is 4.90 Å². The van der Waals surface area contributed by atoms with Gasteiger partial charge in [0.05, 0.1) is 11.0 Å².